The first-order valence-corrected chi connectivity index (χ1v) is 5.70. The summed E-state index contributed by atoms with van der Waals surface area (Å²) in [6, 6.07) is 10.3. The van der Waals surface area contributed by atoms with Crippen LogP contribution in [0.15, 0.2) is 40.3 Å². The molecule has 1 heterocycles. The van der Waals surface area contributed by atoms with Crippen LogP contribution in [0.3, 0.4) is 0 Å². The Morgan fingerprint density at radius 2 is 2.06 bits per heavy atom. The summed E-state index contributed by atoms with van der Waals surface area (Å²) in [4.78, 5) is 8.35. The van der Waals surface area contributed by atoms with Gasteiger partial charge in [0.1, 0.15) is 6.17 Å². The first-order chi connectivity index (χ1) is 8.24. The van der Waals surface area contributed by atoms with Crippen molar-refractivity contribution in [2.75, 3.05) is 6.54 Å². The Hall–Kier alpha value is -2.04. The molecule has 5 heteroatoms. The summed E-state index contributed by atoms with van der Waals surface area (Å²) in [6.45, 7) is 2.71. The topological polar surface area (TPSA) is 74.8 Å². The van der Waals surface area contributed by atoms with Gasteiger partial charge in [0.25, 0.3) is 0 Å². The van der Waals surface area contributed by atoms with Crippen molar-refractivity contribution >= 4 is 11.9 Å². The molecule has 1 aromatic rings. The van der Waals surface area contributed by atoms with E-state index in [1.165, 1.54) is 5.56 Å². The van der Waals surface area contributed by atoms with E-state index in [0.29, 0.717) is 11.9 Å². The second kappa shape index (κ2) is 5.34. The molecule has 1 aliphatic rings. The molecule has 1 aromatic carbocycles. The van der Waals surface area contributed by atoms with Crippen LogP contribution in [0.25, 0.3) is 0 Å². The Morgan fingerprint density at radius 1 is 1.29 bits per heavy atom. The van der Waals surface area contributed by atoms with Crippen LogP contribution in [0.4, 0.5) is 0 Å². The average Bonchev–Trinajstić information content (AvgIpc) is 2.29. The standard InChI is InChI=1S/C12H17N5/c1-9-15-11(13)17-12(16-9)14-8-7-10-5-3-2-4-6-10/h2-6,9H,7-8H2,1H3,(H4,13,14,15,16,17)/t9-/m0/s1. The first-order valence-electron chi connectivity index (χ1n) is 5.70. The van der Waals surface area contributed by atoms with E-state index in [-0.39, 0.29) is 6.17 Å². The smallest absolute Gasteiger partial charge is 0.200 e. The summed E-state index contributed by atoms with van der Waals surface area (Å²) in [5.41, 5.74) is 6.91. The predicted molar refractivity (Wildman–Crippen MR) is 69.8 cm³/mol. The summed E-state index contributed by atoms with van der Waals surface area (Å²) in [7, 11) is 0. The summed E-state index contributed by atoms with van der Waals surface area (Å²) in [6.07, 6.45) is 0.836. The van der Waals surface area contributed by atoms with Crippen molar-refractivity contribution in [3.63, 3.8) is 0 Å². The van der Waals surface area contributed by atoms with Gasteiger partial charge in [-0.25, -0.2) is 9.98 Å². The van der Waals surface area contributed by atoms with Crippen LogP contribution in [0, 0.1) is 0 Å². The summed E-state index contributed by atoms with van der Waals surface area (Å²) >= 11 is 0. The highest BCUT2D eigenvalue weighted by atomic mass is 15.3. The zero-order valence-corrected chi connectivity index (χ0v) is 9.85. The number of aliphatic imine (C=N–C) groups is 2. The van der Waals surface area contributed by atoms with Crippen molar-refractivity contribution in [3.8, 4) is 0 Å². The Bertz CT molecular complexity index is 424. The number of rotatable bonds is 3. The van der Waals surface area contributed by atoms with Crippen molar-refractivity contribution in [2.24, 2.45) is 15.7 Å². The van der Waals surface area contributed by atoms with Crippen LogP contribution in [-0.4, -0.2) is 24.6 Å². The van der Waals surface area contributed by atoms with Crippen LogP contribution in [0.2, 0.25) is 0 Å². The van der Waals surface area contributed by atoms with Gasteiger partial charge in [-0.3, -0.25) is 5.32 Å². The molecule has 0 aromatic heterocycles. The molecular weight excluding hydrogens is 214 g/mol. The minimum Gasteiger partial charge on any atom is -0.370 e. The van der Waals surface area contributed by atoms with E-state index in [1.54, 1.807) is 0 Å². The maximum absolute atomic E-state index is 5.62. The van der Waals surface area contributed by atoms with E-state index in [0.717, 1.165) is 13.0 Å². The number of nitrogens with zero attached hydrogens (tertiary/aromatic N) is 2. The lowest BCUT2D eigenvalue weighted by Crippen LogP contribution is -2.48. The van der Waals surface area contributed by atoms with Crippen LogP contribution < -0.4 is 16.4 Å². The summed E-state index contributed by atoms with van der Waals surface area (Å²) in [5, 5.41) is 6.11. The molecule has 0 saturated carbocycles. The quantitative estimate of drug-likeness (QED) is 0.706. The van der Waals surface area contributed by atoms with Gasteiger partial charge in [-0.15, -0.1) is 0 Å². The Balaban J connectivity index is 1.80. The lowest BCUT2D eigenvalue weighted by molar-refractivity contribution is 0.736. The van der Waals surface area contributed by atoms with Gasteiger partial charge in [0.05, 0.1) is 0 Å². The van der Waals surface area contributed by atoms with E-state index in [4.69, 9.17) is 5.73 Å². The van der Waals surface area contributed by atoms with Crippen molar-refractivity contribution in [2.45, 2.75) is 19.5 Å². The van der Waals surface area contributed by atoms with Crippen molar-refractivity contribution in [1.29, 1.82) is 0 Å². The fourth-order valence-electron chi connectivity index (χ4n) is 1.66. The highest BCUT2D eigenvalue weighted by Crippen LogP contribution is 1.99. The number of benzene rings is 1. The van der Waals surface area contributed by atoms with Crippen molar-refractivity contribution < 1.29 is 0 Å². The molecule has 1 atom stereocenters. The van der Waals surface area contributed by atoms with E-state index >= 15 is 0 Å². The van der Waals surface area contributed by atoms with Gasteiger partial charge in [-0.1, -0.05) is 30.3 Å². The second-order valence-electron chi connectivity index (χ2n) is 3.91. The molecule has 0 bridgehead atoms. The maximum atomic E-state index is 5.62. The lowest BCUT2D eigenvalue weighted by Gasteiger charge is -2.17. The summed E-state index contributed by atoms with van der Waals surface area (Å²) < 4.78 is 0. The number of nitrogens with two attached hydrogens (primary N) is 1. The SMILES string of the molecule is C[C@H]1N=C(N)NC(NCCc2ccccc2)=N1. The molecule has 0 aliphatic carbocycles. The van der Waals surface area contributed by atoms with Gasteiger partial charge in [0.2, 0.25) is 0 Å². The Kier molecular flexibility index (Phi) is 3.59. The molecule has 0 fully saturated rings. The molecule has 0 spiro atoms. The highest BCUT2D eigenvalue weighted by Gasteiger charge is 2.09. The van der Waals surface area contributed by atoms with E-state index in [2.05, 4.69) is 32.8 Å². The molecule has 0 saturated heterocycles. The molecule has 17 heavy (non-hydrogen) atoms. The number of hydrogen-bond donors (Lipinski definition) is 3. The van der Waals surface area contributed by atoms with Crippen molar-refractivity contribution in [1.82, 2.24) is 10.6 Å². The number of nitrogens with one attached hydrogen (secondary N) is 2. The van der Waals surface area contributed by atoms with E-state index in [1.807, 2.05) is 25.1 Å². The third-order valence-corrected chi connectivity index (χ3v) is 2.44. The minimum absolute atomic E-state index is 0.115. The Morgan fingerprint density at radius 3 is 2.76 bits per heavy atom. The fraction of sp³-hybridized carbons (Fsp3) is 0.333. The zero-order valence-electron chi connectivity index (χ0n) is 9.85. The molecule has 0 amide bonds. The van der Waals surface area contributed by atoms with Gasteiger partial charge in [-0.2, -0.15) is 0 Å². The monoisotopic (exact) mass is 231 g/mol. The molecule has 90 valence electrons. The highest BCUT2D eigenvalue weighted by molar-refractivity contribution is 5.99. The molecular formula is C12H17N5. The van der Waals surface area contributed by atoms with Crippen LogP contribution >= 0.6 is 0 Å². The zero-order chi connectivity index (χ0) is 12.1. The predicted octanol–water partition coefficient (Wildman–Crippen LogP) is 0.439. The van der Waals surface area contributed by atoms with Crippen LogP contribution in [0.5, 0.6) is 0 Å². The van der Waals surface area contributed by atoms with Gasteiger partial charge >= 0.3 is 0 Å². The number of guanidine groups is 2. The van der Waals surface area contributed by atoms with E-state index in [9.17, 15) is 0 Å². The second-order valence-corrected chi connectivity index (χ2v) is 3.91. The normalized spacial score (nSPS) is 19.0. The Labute approximate surface area is 101 Å². The molecule has 1 aliphatic heterocycles. The lowest BCUT2D eigenvalue weighted by atomic mass is 10.1. The van der Waals surface area contributed by atoms with Gasteiger partial charge < -0.3 is 11.1 Å². The number of hydrogen-bond acceptors (Lipinski definition) is 5. The molecule has 2 rings (SSSR count). The molecule has 4 N–H and O–H groups in total. The van der Waals surface area contributed by atoms with Crippen molar-refractivity contribution in [3.05, 3.63) is 35.9 Å². The van der Waals surface area contributed by atoms with E-state index < -0.39 is 0 Å². The molecule has 0 unspecified atom stereocenters. The van der Waals surface area contributed by atoms with Gasteiger partial charge in [-0.05, 0) is 18.9 Å². The fourth-order valence-corrected chi connectivity index (χ4v) is 1.66. The largest absolute Gasteiger partial charge is 0.370 e. The molecule has 0 radical (unpaired) electrons. The maximum Gasteiger partial charge on any atom is 0.200 e. The third-order valence-electron chi connectivity index (χ3n) is 2.44. The summed E-state index contributed by atoms with van der Waals surface area (Å²) in [5.74, 6) is 1.11. The average molecular weight is 231 g/mol. The van der Waals surface area contributed by atoms with Gasteiger partial charge in [0.15, 0.2) is 11.9 Å². The first kappa shape index (κ1) is 11.4. The van der Waals surface area contributed by atoms with Crippen LogP contribution in [-0.2, 0) is 6.42 Å². The van der Waals surface area contributed by atoms with Crippen LogP contribution in [0.1, 0.15) is 12.5 Å². The minimum atomic E-state index is -0.115. The van der Waals surface area contributed by atoms with Gasteiger partial charge in [0, 0.05) is 6.54 Å². The molecule has 5 nitrogen and oxygen atoms in total. The third kappa shape index (κ3) is 3.48.